The lowest BCUT2D eigenvalue weighted by Gasteiger charge is -2.27. The fourth-order valence-electron chi connectivity index (χ4n) is 3.48. The summed E-state index contributed by atoms with van der Waals surface area (Å²) in [6.07, 6.45) is 5.83. The van der Waals surface area contributed by atoms with Crippen LogP contribution in [0.4, 0.5) is 10.2 Å². The van der Waals surface area contributed by atoms with E-state index in [2.05, 4.69) is 20.6 Å². The first-order valence-corrected chi connectivity index (χ1v) is 9.28. The van der Waals surface area contributed by atoms with Gasteiger partial charge in [0.05, 0.1) is 6.54 Å². The average molecular weight is 362 g/mol. The van der Waals surface area contributed by atoms with Gasteiger partial charge in [0.15, 0.2) is 17.6 Å². The van der Waals surface area contributed by atoms with E-state index in [1.807, 2.05) is 9.80 Å². The van der Waals surface area contributed by atoms with E-state index in [4.69, 9.17) is 0 Å². The number of rotatable bonds is 4. The van der Waals surface area contributed by atoms with Crippen molar-refractivity contribution in [2.24, 2.45) is 4.99 Å². The first-order chi connectivity index (χ1) is 12.7. The molecule has 1 atom stereocenters. The summed E-state index contributed by atoms with van der Waals surface area (Å²) in [5.41, 5.74) is 0. The van der Waals surface area contributed by atoms with Crippen LogP contribution in [0.25, 0.3) is 0 Å². The number of pyridine rings is 1. The Kier molecular flexibility index (Phi) is 6.25. The van der Waals surface area contributed by atoms with Crippen molar-refractivity contribution in [3.63, 3.8) is 0 Å². The van der Waals surface area contributed by atoms with E-state index < -0.39 is 0 Å². The molecule has 0 aliphatic carbocycles. The van der Waals surface area contributed by atoms with E-state index >= 15 is 0 Å². The Morgan fingerprint density at radius 2 is 2.15 bits per heavy atom. The normalized spacial score (nSPS) is 21.0. The van der Waals surface area contributed by atoms with Gasteiger partial charge in [-0.05, 0) is 37.8 Å². The Balaban J connectivity index is 1.47. The van der Waals surface area contributed by atoms with Crippen LogP contribution in [0.5, 0.6) is 0 Å². The second-order valence-electron chi connectivity index (χ2n) is 6.75. The number of nitrogens with one attached hydrogen (secondary N) is 2. The molecular formula is C18H27FN6O. The lowest BCUT2D eigenvalue weighted by molar-refractivity contribution is -0.130. The van der Waals surface area contributed by atoms with Crippen molar-refractivity contribution < 1.29 is 9.18 Å². The van der Waals surface area contributed by atoms with Gasteiger partial charge in [-0.3, -0.25) is 9.79 Å². The molecule has 0 bridgehead atoms. The second kappa shape index (κ2) is 8.82. The molecule has 1 aromatic heterocycles. The number of nitrogens with zero attached hydrogens (tertiary/aromatic N) is 4. The quantitative estimate of drug-likeness (QED) is 0.617. The van der Waals surface area contributed by atoms with Gasteiger partial charge in [0.25, 0.3) is 0 Å². The molecular weight excluding hydrogens is 335 g/mol. The van der Waals surface area contributed by atoms with E-state index in [1.54, 1.807) is 19.3 Å². The molecule has 3 heterocycles. The number of piperidine rings is 1. The SMILES string of the molecule is CN=C(NCC(=O)N1CCCCC1)NC1CCN(c2ncccc2F)C1. The minimum absolute atomic E-state index is 0.108. The van der Waals surface area contributed by atoms with Gasteiger partial charge in [0, 0.05) is 45.5 Å². The Hall–Kier alpha value is -2.38. The molecule has 0 aromatic carbocycles. The number of hydrogen-bond donors (Lipinski definition) is 2. The van der Waals surface area contributed by atoms with Crippen LogP contribution in [-0.4, -0.2) is 67.6 Å². The molecule has 26 heavy (non-hydrogen) atoms. The Morgan fingerprint density at radius 3 is 2.88 bits per heavy atom. The molecule has 8 heteroatoms. The maximum absolute atomic E-state index is 13.9. The van der Waals surface area contributed by atoms with Crippen LogP contribution in [0.1, 0.15) is 25.7 Å². The van der Waals surface area contributed by atoms with Crippen LogP contribution < -0.4 is 15.5 Å². The Morgan fingerprint density at radius 1 is 1.35 bits per heavy atom. The summed E-state index contributed by atoms with van der Waals surface area (Å²) in [5, 5.41) is 6.42. The topological polar surface area (TPSA) is 72.9 Å². The average Bonchev–Trinajstić information content (AvgIpc) is 3.14. The van der Waals surface area contributed by atoms with E-state index in [1.165, 1.54) is 12.5 Å². The zero-order valence-corrected chi connectivity index (χ0v) is 15.2. The summed E-state index contributed by atoms with van der Waals surface area (Å²) in [6, 6.07) is 3.15. The summed E-state index contributed by atoms with van der Waals surface area (Å²) in [7, 11) is 1.69. The highest BCUT2D eigenvalue weighted by Gasteiger charge is 2.26. The minimum Gasteiger partial charge on any atom is -0.352 e. The third kappa shape index (κ3) is 4.62. The summed E-state index contributed by atoms with van der Waals surface area (Å²) in [6.45, 7) is 3.31. The van der Waals surface area contributed by atoms with Crippen LogP contribution in [-0.2, 0) is 4.79 Å². The van der Waals surface area contributed by atoms with Crippen LogP contribution in [0, 0.1) is 5.82 Å². The molecule has 1 amide bonds. The number of aromatic nitrogens is 1. The molecule has 2 saturated heterocycles. The van der Waals surface area contributed by atoms with Crippen molar-refractivity contribution in [3.8, 4) is 0 Å². The fraction of sp³-hybridized carbons (Fsp3) is 0.611. The number of anilines is 1. The molecule has 0 radical (unpaired) electrons. The van der Waals surface area contributed by atoms with Gasteiger partial charge in [-0.25, -0.2) is 9.37 Å². The molecule has 1 unspecified atom stereocenters. The number of likely N-dealkylation sites (tertiary alicyclic amines) is 1. The number of carbonyl (C=O) groups excluding carboxylic acids is 1. The molecule has 2 aliphatic heterocycles. The maximum Gasteiger partial charge on any atom is 0.241 e. The van der Waals surface area contributed by atoms with Crippen LogP contribution in [0.3, 0.4) is 0 Å². The number of carbonyl (C=O) groups is 1. The van der Waals surface area contributed by atoms with Crippen molar-refractivity contribution in [1.82, 2.24) is 20.5 Å². The largest absolute Gasteiger partial charge is 0.352 e. The third-order valence-electron chi connectivity index (χ3n) is 4.91. The van der Waals surface area contributed by atoms with Crippen molar-refractivity contribution in [3.05, 3.63) is 24.1 Å². The highest BCUT2D eigenvalue weighted by atomic mass is 19.1. The molecule has 2 N–H and O–H groups in total. The second-order valence-corrected chi connectivity index (χ2v) is 6.75. The number of halogens is 1. The standard InChI is InChI=1S/C18H27FN6O/c1-20-18(22-12-16(26)24-9-3-2-4-10-24)23-14-7-11-25(13-14)17-15(19)6-5-8-21-17/h5-6,8,14H,2-4,7,9-13H2,1H3,(H2,20,22,23). The van der Waals surface area contributed by atoms with Crippen molar-refractivity contribution in [2.45, 2.75) is 31.7 Å². The summed E-state index contributed by atoms with van der Waals surface area (Å²) in [5.74, 6) is 0.794. The number of amides is 1. The van der Waals surface area contributed by atoms with Crippen molar-refractivity contribution >= 4 is 17.7 Å². The maximum atomic E-state index is 13.9. The molecule has 142 valence electrons. The van der Waals surface area contributed by atoms with Gasteiger partial charge in [-0.1, -0.05) is 0 Å². The highest BCUT2D eigenvalue weighted by molar-refractivity contribution is 5.86. The van der Waals surface area contributed by atoms with E-state index in [0.29, 0.717) is 18.3 Å². The number of hydrogen-bond acceptors (Lipinski definition) is 4. The Bertz CT molecular complexity index is 646. The van der Waals surface area contributed by atoms with Gasteiger partial charge >= 0.3 is 0 Å². The van der Waals surface area contributed by atoms with E-state index in [9.17, 15) is 9.18 Å². The van der Waals surface area contributed by atoms with Gasteiger partial charge in [0.2, 0.25) is 5.91 Å². The zero-order valence-electron chi connectivity index (χ0n) is 15.2. The summed E-state index contributed by atoms with van der Waals surface area (Å²) < 4.78 is 13.9. The predicted octanol–water partition coefficient (Wildman–Crippen LogP) is 0.977. The molecule has 3 rings (SSSR count). The number of aliphatic imine (C=N–C) groups is 1. The molecule has 2 aliphatic rings. The highest BCUT2D eigenvalue weighted by Crippen LogP contribution is 2.20. The van der Waals surface area contributed by atoms with Crippen LogP contribution in [0.2, 0.25) is 0 Å². The van der Waals surface area contributed by atoms with E-state index in [0.717, 1.165) is 38.9 Å². The van der Waals surface area contributed by atoms with Gasteiger partial charge in [-0.2, -0.15) is 0 Å². The predicted molar refractivity (Wildman–Crippen MR) is 99.7 cm³/mol. The van der Waals surface area contributed by atoms with Crippen LogP contribution in [0.15, 0.2) is 23.3 Å². The lowest BCUT2D eigenvalue weighted by Crippen LogP contribution is -2.49. The number of guanidine groups is 1. The van der Waals surface area contributed by atoms with Gasteiger partial charge in [0.1, 0.15) is 0 Å². The smallest absolute Gasteiger partial charge is 0.241 e. The summed E-state index contributed by atoms with van der Waals surface area (Å²) in [4.78, 5) is 24.4. The first-order valence-electron chi connectivity index (χ1n) is 9.28. The molecule has 2 fully saturated rings. The van der Waals surface area contributed by atoms with E-state index in [-0.39, 0.29) is 24.3 Å². The molecule has 7 nitrogen and oxygen atoms in total. The fourth-order valence-corrected chi connectivity index (χ4v) is 3.48. The Labute approximate surface area is 153 Å². The van der Waals surface area contributed by atoms with Gasteiger partial charge < -0.3 is 20.4 Å². The van der Waals surface area contributed by atoms with Crippen molar-refractivity contribution in [2.75, 3.05) is 44.7 Å². The molecule has 0 saturated carbocycles. The zero-order chi connectivity index (χ0) is 18.4. The third-order valence-corrected chi connectivity index (χ3v) is 4.91. The van der Waals surface area contributed by atoms with Crippen molar-refractivity contribution in [1.29, 1.82) is 0 Å². The first kappa shape index (κ1) is 18.4. The molecule has 0 spiro atoms. The minimum atomic E-state index is -0.303. The molecule has 1 aromatic rings. The monoisotopic (exact) mass is 362 g/mol. The van der Waals surface area contributed by atoms with Gasteiger partial charge in [-0.15, -0.1) is 0 Å². The van der Waals surface area contributed by atoms with Crippen LogP contribution >= 0.6 is 0 Å². The summed E-state index contributed by atoms with van der Waals surface area (Å²) >= 11 is 0. The lowest BCUT2D eigenvalue weighted by atomic mass is 10.1.